The van der Waals surface area contributed by atoms with Gasteiger partial charge in [-0.15, -0.1) is 0 Å². The van der Waals surface area contributed by atoms with Crippen molar-refractivity contribution in [3.63, 3.8) is 0 Å². The summed E-state index contributed by atoms with van der Waals surface area (Å²) in [6.45, 7) is 4.72. The molecule has 1 aromatic heterocycles. The van der Waals surface area contributed by atoms with E-state index in [2.05, 4.69) is 6.92 Å². The number of benzene rings is 1. The Kier molecular flexibility index (Phi) is 9.95. The highest BCUT2D eigenvalue weighted by Crippen LogP contribution is 2.28. The molecule has 0 amide bonds. The third-order valence-corrected chi connectivity index (χ3v) is 5.37. The van der Waals surface area contributed by atoms with Crippen molar-refractivity contribution in [2.24, 2.45) is 0 Å². The van der Waals surface area contributed by atoms with Crippen molar-refractivity contribution in [1.29, 1.82) is 0 Å². The number of carboxylic acid groups (broad SMARTS) is 1. The van der Waals surface area contributed by atoms with Crippen LogP contribution in [-0.4, -0.2) is 17.7 Å². The van der Waals surface area contributed by atoms with Crippen LogP contribution in [0.5, 0.6) is 5.75 Å². The van der Waals surface area contributed by atoms with Gasteiger partial charge in [-0.05, 0) is 25.5 Å². The van der Waals surface area contributed by atoms with Gasteiger partial charge in [0.15, 0.2) is 0 Å². The maximum atomic E-state index is 11.2. The van der Waals surface area contributed by atoms with Crippen molar-refractivity contribution in [3.05, 3.63) is 29.5 Å². The van der Waals surface area contributed by atoms with Crippen LogP contribution in [0.4, 0.5) is 0 Å². The molecule has 156 valence electrons. The molecule has 0 aliphatic rings. The molecule has 0 saturated carbocycles. The zero-order valence-electron chi connectivity index (χ0n) is 17.6. The molecule has 0 aliphatic heterocycles. The van der Waals surface area contributed by atoms with E-state index >= 15 is 0 Å². The molecule has 0 radical (unpaired) electrons. The number of unbranched alkanes of at least 4 members (excludes halogenated alkanes) is 11. The molecule has 28 heavy (non-hydrogen) atoms. The van der Waals surface area contributed by atoms with Gasteiger partial charge in [0.1, 0.15) is 11.3 Å². The van der Waals surface area contributed by atoms with Crippen LogP contribution in [0.25, 0.3) is 11.0 Å². The molecule has 0 aliphatic carbocycles. The fourth-order valence-corrected chi connectivity index (χ4v) is 3.63. The Hall–Kier alpha value is -1.97. The smallest absolute Gasteiger partial charge is 0.372 e. The van der Waals surface area contributed by atoms with Crippen LogP contribution < -0.4 is 4.74 Å². The quantitative estimate of drug-likeness (QED) is 0.320. The topological polar surface area (TPSA) is 59.7 Å². The lowest BCUT2D eigenvalue weighted by Crippen LogP contribution is -1.97. The minimum atomic E-state index is -1.03. The van der Waals surface area contributed by atoms with Gasteiger partial charge in [-0.2, -0.15) is 0 Å². The van der Waals surface area contributed by atoms with Crippen LogP contribution >= 0.6 is 0 Å². The van der Waals surface area contributed by atoms with Gasteiger partial charge in [0, 0.05) is 17.0 Å². The van der Waals surface area contributed by atoms with E-state index in [0.29, 0.717) is 17.8 Å². The zero-order chi connectivity index (χ0) is 20.2. The summed E-state index contributed by atoms with van der Waals surface area (Å²) in [6.07, 6.45) is 15.9. The summed E-state index contributed by atoms with van der Waals surface area (Å²) < 4.78 is 11.2. The van der Waals surface area contributed by atoms with Gasteiger partial charge in [0.05, 0.1) is 6.61 Å². The lowest BCUT2D eigenvalue weighted by atomic mass is 10.1. The van der Waals surface area contributed by atoms with Crippen molar-refractivity contribution in [2.45, 2.75) is 90.9 Å². The maximum absolute atomic E-state index is 11.2. The zero-order valence-corrected chi connectivity index (χ0v) is 17.6. The van der Waals surface area contributed by atoms with Gasteiger partial charge >= 0.3 is 5.97 Å². The third-order valence-electron chi connectivity index (χ3n) is 5.37. The summed E-state index contributed by atoms with van der Waals surface area (Å²) in [4.78, 5) is 11.2. The van der Waals surface area contributed by atoms with Crippen molar-refractivity contribution >= 4 is 16.9 Å². The number of fused-ring (bicyclic) bond motifs is 1. The van der Waals surface area contributed by atoms with E-state index in [0.717, 1.165) is 17.6 Å². The highest BCUT2D eigenvalue weighted by atomic mass is 16.5. The molecule has 0 bridgehead atoms. The molecule has 0 unspecified atom stereocenters. The van der Waals surface area contributed by atoms with Crippen LogP contribution in [0.1, 0.15) is 100 Å². The molecule has 0 atom stereocenters. The number of ether oxygens (including phenoxy) is 1. The van der Waals surface area contributed by atoms with E-state index in [9.17, 15) is 4.79 Å². The van der Waals surface area contributed by atoms with Crippen molar-refractivity contribution < 1.29 is 19.1 Å². The lowest BCUT2D eigenvalue weighted by Gasteiger charge is -2.06. The van der Waals surface area contributed by atoms with Crippen molar-refractivity contribution in [3.8, 4) is 5.75 Å². The lowest BCUT2D eigenvalue weighted by molar-refractivity contribution is 0.0664. The minimum Gasteiger partial charge on any atom is -0.493 e. The molecule has 2 rings (SSSR count). The van der Waals surface area contributed by atoms with Crippen LogP contribution in [0.15, 0.2) is 22.6 Å². The average molecular weight is 389 g/mol. The highest BCUT2D eigenvalue weighted by molar-refractivity contribution is 5.95. The van der Waals surface area contributed by atoms with Crippen LogP contribution in [-0.2, 0) is 0 Å². The molecule has 1 aromatic carbocycles. The number of carboxylic acids is 1. The Morgan fingerprint density at radius 2 is 1.50 bits per heavy atom. The maximum Gasteiger partial charge on any atom is 0.372 e. The summed E-state index contributed by atoms with van der Waals surface area (Å²) >= 11 is 0. The van der Waals surface area contributed by atoms with E-state index in [1.807, 2.05) is 12.1 Å². The first kappa shape index (κ1) is 22.3. The summed E-state index contributed by atoms with van der Waals surface area (Å²) in [7, 11) is 0. The number of hydrogen-bond acceptors (Lipinski definition) is 3. The van der Waals surface area contributed by atoms with Gasteiger partial charge in [0.2, 0.25) is 5.76 Å². The Morgan fingerprint density at radius 3 is 2.07 bits per heavy atom. The van der Waals surface area contributed by atoms with Gasteiger partial charge in [-0.3, -0.25) is 0 Å². The molecular weight excluding hydrogens is 352 g/mol. The van der Waals surface area contributed by atoms with Crippen LogP contribution in [0.3, 0.4) is 0 Å². The van der Waals surface area contributed by atoms with Gasteiger partial charge in [-0.1, -0.05) is 77.6 Å². The molecule has 1 heterocycles. The predicted molar refractivity (Wildman–Crippen MR) is 114 cm³/mol. The second kappa shape index (κ2) is 12.5. The van der Waals surface area contributed by atoms with E-state index in [4.69, 9.17) is 14.3 Å². The Balaban J connectivity index is 1.55. The summed E-state index contributed by atoms with van der Waals surface area (Å²) in [5.74, 6) is -0.290. The summed E-state index contributed by atoms with van der Waals surface area (Å²) in [5.41, 5.74) is 1.23. The van der Waals surface area contributed by atoms with Crippen molar-refractivity contribution in [1.82, 2.24) is 0 Å². The molecule has 2 aromatic rings. The monoisotopic (exact) mass is 388 g/mol. The van der Waals surface area contributed by atoms with E-state index in [1.165, 1.54) is 70.6 Å². The predicted octanol–water partition coefficient (Wildman–Crippen LogP) is 7.52. The SMILES string of the molecule is CCCCCCCCCCCCCCOc1ccc2c(C)c(C(=O)O)oc2c1. The van der Waals surface area contributed by atoms with Gasteiger partial charge < -0.3 is 14.3 Å². The number of hydrogen-bond donors (Lipinski definition) is 1. The van der Waals surface area contributed by atoms with E-state index < -0.39 is 5.97 Å². The van der Waals surface area contributed by atoms with E-state index in [-0.39, 0.29) is 5.76 Å². The molecule has 4 heteroatoms. The van der Waals surface area contributed by atoms with Gasteiger partial charge in [-0.25, -0.2) is 4.79 Å². The average Bonchev–Trinajstić information content (AvgIpc) is 3.02. The molecule has 0 saturated heterocycles. The molecule has 4 nitrogen and oxygen atoms in total. The molecule has 0 fully saturated rings. The Labute approximate surface area is 169 Å². The Morgan fingerprint density at radius 1 is 0.929 bits per heavy atom. The van der Waals surface area contributed by atoms with Gasteiger partial charge in [0.25, 0.3) is 0 Å². The first-order valence-electron chi connectivity index (χ1n) is 11.0. The van der Waals surface area contributed by atoms with E-state index in [1.54, 1.807) is 13.0 Å². The molecule has 0 spiro atoms. The Bertz CT molecular complexity index is 717. The first-order valence-corrected chi connectivity index (χ1v) is 11.0. The fourth-order valence-electron chi connectivity index (χ4n) is 3.63. The highest BCUT2D eigenvalue weighted by Gasteiger charge is 2.16. The third kappa shape index (κ3) is 7.21. The van der Waals surface area contributed by atoms with Crippen LogP contribution in [0.2, 0.25) is 0 Å². The van der Waals surface area contributed by atoms with Crippen LogP contribution in [0, 0.1) is 6.92 Å². The number of furan rings is 1. The molecular formula is C24H36O4. The number of rotatable bonds is 15. The summed E-state index contributed by atoms with van der Waals surface area (Å²) in [5, 5.41) is 9.98. The number of aromatic carboxylic acids is 1. The second-order valence-electron chi connectivity index (χ2n) is 7.76. The summed E-state index contributed by atoms with van der Waals surface area (Å²) in [6, 6.07) is 5.55. The largest absolute Gasteiger partial charge is 0.493 e. The number of carbonyl (C=O) groups is 1. The minimum absolute atomic E-state index is 0.00751. The second-order valence-corrected chi connectivity index (χ2v) is 7.76. The normalized spacial score (nSPS) is 11.2. The number of aryl methyl sites for hydroxylation is 1. The fraction of sp³-hybridized carbons (Fsp3) is 0.625. The first-order chi connectivity index (χ1) is 13.6. The molecule has 1 N–H and O–H groups in total. The standard InChI is InChI=1S/C24H36O4/c1-3-4-5-6-7-8-9-10-11-12-13-14-17-27-20-15-16-21-19(2)23(24(25)26)28-22(21)18-20/h15-16,18H,3-14,17H2,1-2H3,(H,25,26). The van der Waals surface area contributed by atoms with Crippen molar-refractivity contribution in [2.75, 3.05) is 6.61 Å².